The minimum absolute atomic E-state index is 0.120. The smallest absolute Gasteiger partial charge is 0.125 e. The molecule has 0 saturated heterocycles. The summed E-state index contributed by atoms with van der Waals surface area (Å²) in [6, 6.07) is 4.33. The first kappa shape index (κ1) is 11.1. The van der Waals surface area contributed by atoms with Gasteiger partial charge >= 0.3 is 0 Å². The Bertz CT molecular complexity index is 462. The number of nitrogens with zero attached hydrogens (tertiary/aromatic N) is 2. The SMILES string of the molecule is CC1CC(c2cc(F)cc(Cl)c2)=NN=C1N. The van der Waals surface area contributed by atoms with E-state index in [9.17, 15) is 4.39 Å². The summed E-state index contributed by atoms with van der Waals surface area (Å²) < 4.78 is 13.2. The van der Waals surface area contributed by atoms with Crippen LogP contribution in [0.4, 0.5) is 4.39 Å². The van der Waals surface area contributed by atoms with E-state index in [1.165, 1.54) is 12.1 Å². The summed E-state index contributed by atoms with van der Waals surface area (Å²) in [5, 5.41) is 8.17. The molecule has 0 radical (unpaired) electrons. The van der Waals surface area contributed by atoms with Crippen molar-refractivity contribution in [2.45, 2.75) is 13.3 Å². The van der Waals surface area contributed by atoms with Crippen molar-refractivity contribution >= 4 is 23.1 Å². The summed E-state index contributed by atoms with van der Waals surface area (Å²) >= 11 is 5.78. The predicted molar refractivity (Wildman–Crippen MR) is 63.4 cm³/mol. The molecule has 84 valence electrons. The molecular weight excluding hydrogens is 229 g/mol. The highest BCUT2D eigenvalue weighted by molar-refractivity contribution is 6.31. The van der Waals surface area contributed by atoms with Crippen molar-refractivity contribution in [2.75, 3.05) is 0 Å². The van der Waals surface area contributed by atoms with Crippen LogP contribution >= 0.6 is 11.6 Å². The van der Waals surface area contributed by atoms with E-state index in [0.29, 0.717) is 28.6 Å². The Kier molecular flexibility index (Phi) is 2.92. The molecule has 2 N–H and O–H groups in total. The molecule has 1 aromatic carbocycles. The summed E-state index contributed by atoms with van der Waals surface area (Å²) in [5.74, 6) is 0.251. The molecule has 0 saturated carbocycles. The van der Waals surface area contributed by atoms with Gasteiger partial charge in [0.1, 0.15) is 11.7 Å². The standard InChI is InChI=1S/C11H11ClFN3/c1-6-2-10(15-16-11(6)14)7-3-8(12)5-9(13)4-7/h3-6H,2H2,1H3,(H2,14,16). The topological polar surface area (TPSA) is 50.7 Å². The van der Waals surface area contributed by atoms with Gasteiger partial charge in [0.2, 0.25) is 0 Å². The third-order valence-corrected chi connectivity index (χ3v) is 2.70. The number of hydrogen-bond donors (Lipinski definition) is 1. The van der Waals surface area contributed by atoms with Crippen LogP contribution in [0.15, 0.2) is 28.4 Å². The van der Waals surface area contributed by atoms with Crippen LogP contribution in [0.2, 0.25) is 5.02 Å². The first-order chi connectivity index (χ1) is 7.56. The van der Waals surface area contributed by atoms with Crippen LogP contribution in [0.5, 0.6) is 0 Å². The second kappa shape index (κ2) is 4.22. The summed E-state index contributed by atoms with van der Waals surface area (Å²) in [6.45, 7) is 1.95. The Morgan fingerprint density at radius 2 is 2.12 bits per heavy atom. The average molecular weight is 240 g/mol. The predicted octanol–water partition coefficient (Wildman–Crippen LogP) is 2.58. The number of benzene rings is 1. The van der Waals surface area contributed by atoms with E-state index in [2.05, 4.69) is 10.2 Å². The lowest BCUT2D eigenvalue weighted by Crippen LogP contribution is -2.26. The van der Waals surface area contributed by atoms with Crippen LogP contribution < -0.4 is 5.73 Å². The van der Waals surface area contributed by atoms with Gasteiger partial charge in [-0.3, -0.25) is 0 Å². The highest BCUT2D eigenvalue weighted by Crippen LogP contribution is 2.20. The Morgan fingerprint density at radius 1 is 1.38 bits per heavy atom. The maximum Gasteiger partial charge on any atom is 0.125 e. The van der Waals surface area contributed by atoms with Gasteiger partial charge in [0.05, 0.1) is 5.71 Å². The molecule has 2 rings (SSSR count). The normalized spacial score (nSPS) is 20.3. The summed E-state index contributed by atoms with van der Waals surface area (Å²) in [5.41, 5.74) is 6.99. The lowest BCUT2D eigenvalue weighted by Gasteiger charge is -2.16. The van der Waals surface area contributed by atoms with Gasteiger partial charge in [-0.05, 0) is 18.2 Å². The Hall–Kier alpha value is -1.42. The summed E-state index contributed by atoms with van der Waals surface area (Å²) in [7, 11) is 0. The summed E-state index contributed by atoms with van der Waals surface area (Å²) in [6.07, 6.45) is 0.648. The van der Waals surface area contributed by atoms with E-state index in [1.54, 1.807) is 6.07 Å². The summed E-state index contributed by atoms with van der Waals surface area (Å²) in [4.78, 5) is 0. The van der Waals surface area contributed by atoms with Gasteiger partial charge < -0.3 is 5.73 Å². The van der Waals surface area contributed by atoms with Gasteiger partial charge in [-0.2, -0.15) is 5.10 Å². The zero-order chi connectivity index (χ0) is 11.7. The molecule has 0 spiro atoms. The highest BCUT2D eigenvalue weighted by atomic mass is 35.5. The van der Waals surface area contributed by atoms with Crippen molar-refractivity contribution in [3.8, 4) is 0 Å². The molecular formula is C11H11ClFN3. The maximum atomic E-state index is 13.2. The second-order valence-electron chi connectivity index (χ2n) is 3.83. The zero-order valence-electron chi connectivity index (χ0n) is 8.74. The first-order valence-corrected chi connectivity index (χ1v) is 5.30. The minimum atomic E-state index is -0.375. The second-order valence-corrected chi connectivity index (χ2v) is 4.27. The molecule has 1 heterocycles. The van der Waals surface area contributed by atoms with Gasteiger partial charge in [0.25, 0.3) is 0 Å². The molecule has 1 unspecified atom stereocenters. The molecule has 1 atom stereocenters. The number of nitrogens with two attached hydrogens (primary N) is 1. The van der Waals surface area contributed by atoms with Crippen LogP contribution in [0.1, 0.15) is 18.9 Å². The molecule has 5 heteroatoms. The van der Waals surface area contributed by atoms with Crippen molar-refractivity contribution in [3.05, 3.63) is 34.6 Å². The minimum Gasteiger partial charge on any atom is -0.385 e. The van der Waals surface area contributed by atoms with Gasteiger partial charge in [-0.1, -0.05) is 18.5 Å². The van der Waals surface area contributed by atoms with Crippen LogP contribution in [0, 0.1) is 11.7 Å². The molecule has 1 aromatic rings. The molecule has 16 heavy (non-hydrogen) atoms. The molecule has 0 amide bonds. The van der Waals surface area contributed by atoms with Gasteiger partial charge in [-0.25, -0.2) is 4.39 Å². The van der Waals surface area contributed by atoms with E-state index < -0.39 is 0 Å². The third kappa shape index (κ3) is 2.22. The Balaban J connectivity index is 2.38. The van der Waals surface area contributed by atoms with Crippen LogP contribution in [-0.2, 0) is 0 Å². The van der Waals surface area contributed by atoms with Crippen molar-refractivity contribution < 1.29 is 4.39 Å². The lowest BCUT2D eigenvalue weighted by atomic mass is 9.97. The lowest BCUT2D eigenvalue weighted by molar-refractivity contribution is 0.627. The van der Waals surface area contributed by atoms with Crippen LogP contribution in [0.25, 0.3) is 0 Å². The van der Waals surface area contributed by atoms with Gasteiger partial charge in [0, 0.05) is 22.9 Å². The molecule has 0 fully saturated rings. The van der Waals surface area contributed by atoms with E-state index in [-0.39, 0.29) is 11.7 Å². The van der Waals surface area contributed by atoms with E-state index in [0.717, 1.165) is 0 Å². The third-order valence-electron chi connectivity index (χ3n) is 2.49. The van der Waals surface area contributed by atoms with Crippen molar-refractivity contribution in [3.63, 3.8) is 0 Å². The van der Waals surface area contributed by atoms with Crippen molar-refractivity contribution in [2.24, 2.45) is 21.9 Å². The molecule has 1 aliphatic heterocycles. The van der Waals surface area contributed by atoms with E-state index >= 15 is 0 Å². The molecule has 0 aliphatic carbocycles. The van der Waals surface area contributed by atoms with Crippen LogP contribution in [0.3, 0.4) is 0 Å². The zero-order valence-corrected chi connectivity index (χ0v) is 9.50. The molecule has 0 aromatic heterocycles. The van der Waals surface area contributed by atoms with E-state index in [1.807, 2.05) is 6.92 Å². The molecule has 3 nitrogen and oxygen atoms in total. The fourth-order valence-electron chi connectivity index (χ4n) is 1.55. The van der Waals surface area contributed by atoms with Gasteiger partial charge in [-0.15, -0.1) is 5.10 Å². The average Bonchev–Trinajstić information content (AvgIpc) is 2.20. The van der Waals surface area contributed by atoms with Crippen LogP contribution in [-0.4, -0.2) is 11.5 Å². The largest absolute Gasteiger partial charge is 0.385 e. The van der Waals surface area contributed by atoms with Crippen molar-refractivity contribution in [1.82, 2.24) is 0 Å². The fourth-order valence-corrected chi connectivity index (χ4v) is 1.77. The maximum absolute atomic E-state index is 13.2. The van der Waals surface area contributed by atoms with E-state index in [4.69, 9.17) is 17.3 Å². The number of amidine groups is 1. The first-order valence-electron chi connectivity index (χ1n) is 4.92. The van der Waals surface area contributed by atoms with Crippen molar-refractivity contribution in [1.29, 1.82) is 0 Å². The van der Waals surface area contributed by atoms with Gasteiger partial charge in [0.15, 0.2) is 0 Å². The Labute approximate surface area is 97.8 Å². The highest BCUT2D eigenvalue weighted by Gasteiger charge is 2.17. The monoisotopic (exact) mass is 239 g/mol. The number of rotatable bonds is 1. The quantitative estimate of drug-likeness (QED) is 0.805. The molecule has 0 bridgehead atoms. The number of halogens is 2. The fraction of sp³-hybridized carbons (Fsp3) is 0.273. The Morgan fingerprint density at radius 3 is 2.75 bits per heavy atom. The number of hydrogen-bond acceptors (Lipinski definition) is 3. The molecule has 1 aliphatic rings.